The number of anilines is 2. The zero-order valence-electron chi connectivity index (χ0n) is 22.2. The van der Waals surface area contributed by atoms with Crippen molar-refractivity contribution < 1.29 is 27.5 Å². The maximum atomic E-state index is 13.2. The van der Waals surface area contributed by atoms with Crippen molar-refractivity contribution in [2.45, 2.75) is 24.2 Å². The van der Waals surface area contributed by atoms with Crippen LogP contribution < -0.4 is 19.7 Å². The van der Waals surface area contributed by atoms with Crippen molar-refractivity contribution in [1.29, 1.82) is 0 Å². The minimum Gasteiger partial charge on any atom is -0.497 e. The van der Waals surface area contributed by atoms with Crippen LogP contribution in [0.4, 0.5) is 11.4 Å². The topological polar surface area (TPSA) is 105 Å². The highest BCUT2D eigenvalue weighted by molar-refractivity contribution is 7.89. The van der Waals surface area contributed by atoms with Crippen molar-refractivity contribution >= 4 is 44.8 Å². The molecule has 2 heterocycles. The second kappa shape index (κ2) is 11.5. The number of benzene rings is 3. The molecule has 2 aliphatic rings. The molecule has 1 saturated heterocycles. The van der Waals surface area contributed by atoms with E-state index in [-0.39, 0.29) is 40.7 Å². The number of sulfonamides is 1. The molecule has 210 valence electrons. The lowest BCUT2D eigenvalue weighted by Crippen LogP contribution is -2.41. The SMILES string of the molecule is COc1ccc(C(=O)N2CCc3ccc(NC(=O)C4CCN(S(=O)(=O)c5ccc(OC)c(Cl)c5)CC4)cc32)cc1. The minimum atomic E-state index is -3.75. The Kier molecular flexibility index (Phi) is 8.02. The van der Waals surface area contributed by atoms with Crippen LogP contribution in [0.25, 0.3) is 0 Å². The smallest absolute Gasteiger partial charge is 0.258 e. The molecule has 40 heavy (non-hydrogen) atoms. The van der Waals surface area contributed by atoms with Gasteiger partial charge in [0.1, 0.15) is 11.5 Å². The van der Waals surface area contributed by atoms with Crippen LogP contribution in [0, 0.1) is 5.92 Å². The van der Waals surface area contributed by atoms with Crippen molar-refractivity contribution in [3.63, 3.8) is 0 Å². The maximum Gasteiger partial charge on any atom is 0.258 e. The highest BCUT2D eigenvalue weighted by Crippen LogP contribution is 2.34. The highest BCUT2D eigenvalue weighted by atomic mass is 35.5. The van der Waals surface area contributed by atoms with Crippen LogP contribution in [-0.2, 0) is 21.2 Å². The van der Waals surface area contributed by atoms with E-state index in [0.717, 1.165) is 17.7 Å². The summed E-state index contributed by atoms with van der Waals surface area (Å²) in [5.74, 6) is 0.455. The summed E-state index contributed by atoms with van der Waals surface area (Å²) < 4.78 is 37.9. The van der Waals surface area contributed by atoms with E-state index >= 15 is 0 Å². The van der Waals surface area contributed by atoms with Crippen molar-refractivity contribution in [3.8, 4) is 11.5 Å². The van der Waals surface area contributed by atoms with Gasteiger partial charge < -0.3 is 19.7 Å². The van der Waals surface area contributed by atoms with Crippen LogP contribution >= 0.6 is 11.6 Å². The Morgan fingerprint density at radius 3 is 2.30 bits per heavy atom. The first-order chi connectivity index (χ1) is 19.2. The van der Waals surface area contributed by atoms with Crippen LogP contribution in [0.3, 0.4) is 0 Å². The number of rotatable bonds is 7. The fraction of sp³-hybridized carbons (Fsp3) is 0.310. The molecular weight excluding hydrogens is 554 g/mol. The molecule has 3 aromatic rings. The Hall–Kier alpha value is -3.60. The van der Waals surface area contributed by atoms with Crippen LogP contribution in [-0.4, -0.2) is 58.4 Å². The summed E-state index contributed by atoms with van der Waals surface area (Å²) >= 11 is 6.13. The molecule has 0 bridgehead atoms. The quantitative estimate of drug-likeness (QED) is 0.436. The normalized spacial score (nSPS) is 15.9. The average Bonchev–Trinajstić information content (AvgIpc) is 3.40. The average molecular weight is 584 g/mol. The van der Waals surface area contributed by atoms with E-state index in [9.17, 15) is 18.0 Å². The zero-order valence-corrected chi connectivity index (χ0v) is 23.8. The first-order valence-corrected chi connectivity index (χ1v) is 14.8. The fourth-order valence-electron chi connectivity index (χ4n) is 5.12. The van der Waals surface area contributed by atoms with Gasteiger partial charge in [0, 0.05) is 42.5 Å². The maximum absolute atomic E-state index is 13.2. The number of fused-ring (bicyclic) bond motifs is 1. The van der Waals surface area contributed by atoms with Crippen LogP contribution in [0.15, 0.2) is 65.6 Å². The molecule has 5 rings (SSSR count). The summed E-state index contributed by atoms with van der Waals surface area (Å²) in [5, 5.41) is 3.19. The molecule has 11 heteroatoms. The van der Waals surface area contributed by atoms with E-state index in [1.54, 1.807) is 36.3 Å². The van der Waals surface area contributed by atoms with E-state index in [4.69, 9.17) is 21.1 Å². The molecule has 0 atom stereocenters. The molecule has 1 fully saturated rings. The second-order valence-corrected chi connectivity index (χ2v) is 12.1. The Balaban J connectivity index is 1.22. The number of methoxy groups -OCH3 is 2. The van der Waals surface area contributed by atoms with Gasteiger partial charge in [0.05, 0.1) is 24.1 Å². The number of carbonyl (C=O) groups is 2. The first kappa shape index (κ1) is 27.9. The van der Waals surface area contributed by atoms with Gasteiger partial charge in [-0.2, -0.15) is 4.31 Å². The van der Waals surface area contributed by atoms with E-state index in [1.165, 1.54) is 29.6 Å². The predicted octanol–water partition coefficient (Wildman–Crippen LogP) is 4.60. The number of ether oxygens (including phenoxy) is 2. The molecule has 0 saturated carbocycles. The molecular formula is C29H30ClN3O6S. The number of piperidine rings is 1. The van der Waals surface area contributed by atoms with Gasteiger partial charge in [0.25, 0.3) is 5.91 Å². The summed E-state index contributed by atoms with van der Waals surface area (Å²) in [5.41, 5.74) is 2.97. The molecule has 3 aromatic carbocycles. The van der Waals surface area contributed by atoms with Crippen molar-refractivity contribution in [2.24, 2.45) is 5.92 Å². The third-order valence-corrected chi connectivity index (χ3v) is 9.61. The molecule has 0 aliphatic carbocycles. The lowest BCUT2D eigenvalue weighted by molar-refractivity contribution is -0.120. The second-order valence-electron chi connectivity index (χ2n) is 9.74. The minimum absolute atomic E-state index is 0.0908. The third-order valence-electron chi connectivity index (χ3n) is 7.42. The van der Waals surface area contributed by atoms with Gasteiger partial charge in [-0.15, -0.1) is 0 Å². The summed E-state index contributed by atoms with van der Waals surface area (Å²) in [6, 6.07) is 17.0. The number of nitrogens with zero attached hydrogens (tertiary/aromatic N) is 2. The van der Waals surface area contributed by atoms with Gasteiger partial charge in [-0.25, -0.2) is 8.42 Å². The third kappa shape index (κ3) is 5.52. The van der Waals surface area contributed by atoms with Crippen molar-refractivity contribution in [1.82, 2.24) is 4.31 Å². The Morgan fingerprint density at radius 2 is 1.65 bits per heavy atom. The van der Waals surface area contributed by atoms with Gasteiger partial charge in [0.15, 0.2) is 0 Å². The number of nitrogens with one attached hydrogen (secondary N) is 1. The standard InChI is InChI=1S/C29H30ClN3O6S/c1-38-23-7-4-21(5-8-23)29(35)33-16-13-19-3-6-22(17-26(19)33)31-28(34)20-11-14-32(15-12-20)40(36,37)24-9-10-27(39-2)25(30)18-24/h3-10,17-18,20H,11-16H2,1-2H3,(H,31,34). The largest absolute Gasteiger partial charge is 0.497 e. The zero-order chi connectivity index (χ0) is 28.4. The van der Waals surface area contributed by atoms with Gasteiger partial charge in [-0.3, -0.25) is 9.59 Å². The molecule has 2 aliphatic heterocycles. The predicted molar refractivity (Wildman–Crippen MR) is 153 cm³/mol. The molecule has 0 spiro atoms. The van der Waals surface area contributed by atoms with Crippen molar-refractivity contribution in [3.05, 3.63) is 76.8 Å². The van der Waals surface area contributed by atoms with Gasteiger partial charge in [-0.1, -0.05) is 17.7 Å². The van der Waals surface area contributed by atoms with Crippen LogP contribution in [0.2, 0.25) is 5.02 Å². The first-order valence-electron chi connectivity index (χ1n) is 12.9. The van der Waals surface area contributed by atoms with Gasteiger partial charge in [0.2, 0.25) is 15.9 Å². The van der Waals surface area contributed by atoms with E-state index in [0.29, 0.717) is 42.1 Å². The lowest BCUT2D eigenvalue weighted by atomic mass is 9.97. The summed E-state index contributed by atoms with van der Waals surface area (Å²) in [6.45, 7) is 1.00. The van der Waals surface area contributed by atoms with E-state index < -0.39 is 10.0 Å². The molecule has 2 amide bonds. The van der Waals surface area contributed by atoms with Crippen LogP contribution in [0.1, 0.15) is 28.8 Å². The molecule has 0 unspecified atom stereocenters. The Bertz CT molecular complexity index is 1540. The van der Waals surface area contributed by atoms with Crippen LogP contribution in [0.5, 0.6) is 11.5 Å². The number of carbonyl (C=O) groups excluding carboxylic acids is 2. The summed E-state index contributed by atoms with van der Waals surface area (Å²) in [6.07, 6.45) is 1.52. The van der Waals surface area contributed by atoms with Gasteiger partial charge in [-0.05, 0) is 79.4 Å². The lowest BCUT2D eigenvalue weighted by Gasteiger charge is -2.30. The number of halogens is 1. The van der Waals surface area contributed by atoms with E-state index in [1.807, 2.05) is 18.2 Å². The Morgan fingerprint density at radius 1 is 0.925 bits per heavy atom. The Labute approximate surface area is 238 Å². The number of amides is 2. The van der Waals surface area contributed by atoms with Crippen molar-refractivity contribution in [2.75, 3.05) is 44.1 Å². The van der Waals surface area contributed by atoms with Gasteiger partial charge >= 0.3 is 0 Å². The summed E-state index contributed by atoms with van der Waals surface area (Å²) in [7, 11) is -0.707. The molecule has 9 nitrogen and oxygen atoms in total. The highest BCUT2D eigenvalue weighted by Gasteiger charge is 2.33. The monoisotopic (exact) mass is 583 g/mol. The van der Waals surface area contributed by atoms with E-state index in [2.05, 4.69) is 5.32 Å². The molecule has 0 radical (unpaired) electrons. The molecule has 0 aromatic heterocycles. The fourth-order valence-corrected chi connectivity index (χ4v) is 6.94. The molecule has 1 N–H and O–H groups in total. The number of hydrogen-bond acceptors (Lipinski definition) is 6. The number of hydrogen-bond donors (Lipinski definition) is 1. The summed E-state index contributed by atoms with van der Waals surface area (Å²) in [4.78, 5) is 28.1.